The highest BCUT2D eigenvalue weighted by Gasteiger charge is 2.08. The highest BCUT2D eigenvalue weighted by atomic mass is 32.1. The highest BCUT2D eigenvalue weighted by molar-refractivity contribution is 7.15. The Balaban J connectivity index is 2.05. The number of hydrogen-bond donors (Lipinski definition) is 2. The van der Waals surface area contributed by atoms with Crippen LogP contribution in [-0.2, 0) is 4.79 Å². The van der Waals surface area contributed by atoms with E-state index in [1.807, 2.05) is 0 Å². The number of carbonyl (C=O) groups excluding carboxylic acids is 1. The third kappa shape index (κ3) is 3.72. The number of carboxylic acids is 1. The second-order valence-electron chi connectivity index (χ2n) is 3.87. The van der Waals surface area contributed by atoms with E-state index in [0.717, 1.165) is 11.1 Å². The van der Waals surface area contributed by atoms with Crippen LogP contribution in [0.5, 0.6) is 0 Å². The molecule has 0 radical (unpaired) electrons. The van der Waals surface area contributed by atoms with Gasteiger partial charge in [0.05, 0.1) is 0 Å². The summed E-state index contributed by atoms with van der Waals surface area (Å²) in [6.45, 7) is 1.80. The molecule has 0 unspecified atom stereocenters. The van der Waals surface area contributed by atoms with Crippen LogP contribution in [0.3, 0.4) is 0 Å². The Labute approximate surface area is 118 Å². The zero-order chi connectivity index (χ0) is 14.5. The van der Waals surface area contributed by atoms with Crippen LogP contribution in [-0.4, -0.2) is 27.2 Å². The summed E-state index contributed by atoms with van der Waals surface area (Å²) >= 11 is 1.29. The molecule has 0 aliphatic rings. The number of benzene rings is 1. The van der Waals surface area contributed by atoms with Gasteiger partial charge in [-0.1, -0.05) is 23.5 Å². The average molecular weight is 289 g/mol. The van der Waals surface area contributed by atoms with Crippen molar-refractivity contribution in [3.63, 3.8) is 0 Å². The molecule has 6 nitrogen and oxygen atoms in total. The molecule has 2 N–H and O–H groups in total. The topological polar surface area (TPSA) is 92.2 Å². The lowest BCUT2D eigenvalue weighted by molar-refractivity contribution is -0.131. The number of aromatic nitrogens is 2. The molecule has 2 rings (SSSR count). The van der Waals surface area contributed by atoms with Gasteiger partial charge in [-0.15, -0.1) is 10.2 Å². The van der Waals surface area contributed by atoms with Gasteiger partial charge in [0.1, 0.15) is 5.01 Å². The summed E-state index contributed by atoms with van der Waals surface area (Å²) in [6.07, 6.45) is 2.50. The molecular formula is C13H11N3O3S. The summed E-state index contributed by atoms with van der Waals surface area (Å²) in [5.74, 6) is -1.30. The SMILES string of the molecule is Cc1nnc(NC(=O)c2ccc(/C=C/C(=O)O)cc2)s1. The van der Waals surface area contributed by atoms with Crippen molar-refractivity contribution < 1.29 is 14.7 Å². The Morgan fingerprint density at radius 3 is 2.50 bits per heavy atom. The van der Waals surface area contributed by atoms with Gasteiger partial charge in [-0.25, -0.2) is 4.79 Å². The Morgan fingerprint density at radius 2 is 1.95 bits per heavy atom. The van der Waals surface area contributed by atoms with Crippen LogP contribution >= 0.6 is 11.3 Å². The molecule has 0 aliphatic heterocycles. The van der Waals surface area contributed by atoms with Gasteiger partial charge in [0.2, 0.25) is 5.13 Å². The van der Waals surface area contributed by atoms with Gasteiger partial charge in [-0.3, -0.25) is 10.1 Å². The molecule has 0 aliphatic carbocycles. The number of nitrogens with zero attached hydrogens (tertiary/aromatic N) is 2. The van der Waals surface area contributed by atoms with Crippen LogP contribution in [0.25, 0.3) is 6.08 Å². The van der Waals surface area contributed by atoms with E-state index in [4.69, 9.17) is 5.11 Å². The van der Waals surface area contributed by atoms with E-state index in [1.165, 1.54) is 17.4 Å². The molecule has 1 heterocycles. The quantitative estimate of drug-likeness (QED) is 0.842. The monoisotopic (exact) mass is 289 g/mol. The van der Waals surface area contributed by atoms with Gasteiger partial charge in [0.15, 0.2) is 0 Å². The zero-order valence-electron chi connectivity index (χ0n) is 10.5. The largest absolute Gasteiger partial charge is 0.478 e. The number of nitrogens with one attached hydrogen (secondary N) is 1. The fraction of sp³-hybridized carbons (Fsp3) is 0.0769. The van der Waals surface area contributed by atoms with Crippen molar-refractivity contribution in [3.8, 4) is 0 Å². The van der Waals surface area contributed by atoms with E-state index < -0.39 is 5.97 Å². The third-order valence-corrected chi connectivity index (χ3v) is 3.09. The lowest BCUT2D eigenvalue weighted by atomic mass is 10.1. The smallest absolute Gasteiger partial charge is 0.328 e. The van der Waals surface area contributed by atoms with Crippen LogP contribution in [0.1, 0.15) is 20.9 Å². The first-order valence-electron chi connectivity index (χ1n) is 5.67. The molecular weight excluding hydrogens is 278 g/mol. The van der Waals surface area contributed by atoms with Crippen LogP contribution in [0.2, 0.25) is 0 Å². The maximum absolute atomic E-state index is 11.9. The summed E-state index contributed by atoms with van der Waals surface area (Å²) in [4.78, 5) is 22.3. The van der Waals surface area contributed by atoms with E-state index in [9.17, 15) is 9.59 Å². The van der Waals surface area contributed by atoms with Crippen LogP contribution in [0.15, 0.2) is 30.3 Å². The van der Waals surface area contributed by atoms with Crippen molar-refractivity contribution in [1.82, 2.24) is 10.2 Å². The van der Waals surface area contributed by atoms with E-state index in [-0.39, 0.29) is 5.91 Å². The summed E-state index contributed by atoms with van der Waals surface area (Å²) in [5, 5.41) is 20.0. The van der Waals surface area contributed by atoms with E-state index in [2.05, 4.69) is 15.5 Å². The number of anilines is 1. The second kappa shape index (κ2) is 6.07. The lowest BCUT2D eigenvalue weighted by Gasteiger charge is -2.01. The van der Waals surface area contributed by atoms with Gasteiger partial charge < -0.3 is 5.11 Å². The second-order valence-corrected chi connectivity index (χ2v) is 5.06. The minimum Gasteiger partial charge on any atom is -0.478 e. The number of hydrogen-bond acceptors (Lipinski definition) is 5. The standard InChI is InChI=1S/C13H11N3O3S/c1-8-15-16-13(20-8)14-12(19)10-5-2-9(3-6-10)4-7-11(17)18/h2-7H,1H3,(H,17,18)(H,14,16,19)/b7-4+. The van der Waals surface area contributed by atoms with Crippen molar-refractivity contribution in [2.24, 2.45) is 0 Å². The number of carboxylic acid groups (broad SMARTS) is 1. The Bertz CT molecular complexity index is 662. The molecule has 1 amide bonds. The van der Waals surface area contributed by atoms with Gasteiger partial charge in [0, 0.05) is 11.6 Å². The summed E-state index contributed by atoms with van der Waals surface area (Å²) in [5.41, 5.74) is 1.17. The molecule has 7 heteroatoms. The first-order valence-corrected chi connectivity index (χ1v) is 6.49. The molecule has 0 fully saturated rings. The van der Waals surface area contributed by atoms with Crippen molar-refractivity contribution in [1.29, 1.82) is 0 Å². The Hall–Kier alpha value is -2.54. The van der Waals surface area contributed by atoms with E-state index in [1.54, 1.807) is 31.2 Å². The maximum Gasteiger partial charge on any atom is 0.328 e. The molecule has 0 bridgehead atoms. The predicted molar refractivity (Wildman–Crippen MR) is 75.7 cm³/mol. The van der Waals surface area contributed by atoms with Crippen molar-refractivity contribution in [3.05, 3.63) is 46.5 Å². The summed E-state index contributed by atoms with van der Waals surface area (Å²) < 4.78 is 0. The van der Waals surface area contributed by atoms with Crippen molar-refractivity contribution in [2.75, 3.05) is 5.32 Å². The fourth-order valence-electron chi connectivity index (χ4n) is 1.43. The minimum absolute atomic E-state index is 0.282. The van der Waals surface area contributed by atoms with Gasteiger partial charge in [0.25, 0.3) is 5.91 Å². The first kappa shape index (κ1) is 13.9. The Kier molecular flexibility index (Phi) is 4.21. The normalized spacial score (nSPS) is 10.7. The van der Waals surface area contributed by atoms with Gasteiger partial charge >= 0.3 is 5.97 Å². The van der Waals surface area contributed by atoms with Gasteiger partial charge in [-0.2, -0.15) is 0 Å². The average Bonchev–Trinajstić information content (AvgIpc) is 2.82. The van der Waals surface area contributed by atoms with Crippen molar-refractivity contribution >= 4 is 34.4 Å². The minimum atomic E-state index is -1.02. The molecule has 0 saturated carbocycles. The lowest BCUT2D eigenvalue weighted by Crippen LogP contribution is -2.11. The van der Waals surface area contributed by atoms with Crippen LogP contribution < -0.4 is 5.32 Å². The molecule has 0 spiro atoms. The molecule has 2 aromatic rings. The fourth-order valence-corrected chi connectivity index (χ4v) is 2.02. The summed E-state index contributed by atoms with van der Waals surface area (Å²) in [6, 6.07) is 6.56. The van der Waals surface area contributed by atoms with Gasteiger partial charge in [-0.05, 0) is 30.7 Å². The van der Waals surface area contributed by atoms with E-state index >= 15 is 0 Å². The molecule has 1 aromatic carbocycles. The molecule has 0 saturated heterocycles. The molecule has 102 valence electrons. The number of carbonyl (C=O) groups is 2. The number of amides is 1. The van der Waals surface area contributed by atoms with Crippen LogP contribution in [0, 0.1) is 6.92 Å². The molecule has 1 aromatic heterocycles. The molecule has 20 heavy (non-hydrogen) atoms. The van der Waals surface area contributed by atoms with Crippen LogP contribution in [0.4, 0.5) is 5.13 Å². The third-order valence-electron chi connectivity index (χ3n) is 2.34. The first-order chi connectivity index (χ1) is 9.54. The number of rotatable bonds is 4. The number of aliphatic carboxylic acids is 1. The van der Waals surface area contributed by atoms with Crippen molar-refractivity contribution in [2.45, 2.75) is 6.92 Å². The predicted octanol–water partition coefficient (Wildman–Crippen LogP) is 2.20. The summed E-state index contributed by atoms with van der Waals surface area (Å²) in [7, 11) is 0. The number of aryl methyl sites for hydroxylation is 1. The van der Waals surface area contributed by atoms with E-state index in [0.29, 0.717) is 16.3 Å². The Morgan fingerprint density at radius 1 is 1.25 bits per heavy atom. The maximum atomic E-state index is 11.9. The zero-order valence-corrected chi connectivity index (χ0v) is 11.3. The molecule has 0 atom stereocenters. The highest BCUT2D eigenvalue weighted by Crippen LogP contribution is 2.15.